The number of hydrogen-bond acceptors (Lipinski definition) is 6. The molecule has 42 heavy (non-hydrogen) atoms. The van der Waals surface area contributed by atoms with Crippen LogP contribution in [-0.4, -0.2) is 28.7 Å². The minimum atomic E-state index is -0.701. The minimum Gasteiger partial charge on any atom is -0.490 e. The van der Waals surface area contributed by atoms with Crippen LogP contribution in [-0.2, 0) is 9.53 Å². The van der Waals surface area contributed by atoms with Crippen molar-refractivity contribution >= 4 is 34.3 Å². The van der Waals surface area contributed by atoms with Crippen molar-refractivity contribution < 1.29 is 14.3 Å². The Morgan fingerprint density at radius 1 is 1.07 bits per heavy atom. The highest BCUT2D eigenvalue weighted by molar-refractivity contribution is 7.07. The van der Waals surface area contributed by atoms with Gasteiger partial charge in [-0.25, -0.2) is 9.79 Å². The van der Waals surface area contributed by atoms with Crippen LogP contribution in [0, 0.1) is 0 Å². The van der Waals surface area contributed by atoms with Gasteiger partial charge in [0.05, 0.1) is 34.1 Å². The Morgan fingerprint density at radius 2 is 1.81 bits per heavy atom. The van der Waals surface area contributed by atoms with Gasteiger partial charge in [-0.05, 0) is 49.2 Å². The van der Waals surface area contributed by atoms with E-state index >= 15 is 0 Å². The van der Waals surface area contributed by atoms with Crippen molar-refractivity contribution in [2.24, 2.45) is 4.99 Å². The Hall–Kier alpha value is -4.95. The van der Waals surface area contributed by atoms with Gasteiger partial charge in [-0.3, -0.25) is 9.36 Å². The van der Waals surface area contributed by atoms with E-state index in [1.165, 1.54) is 11.3 Å². The lowest BCUT2D eigenvalue weighted by Gasteiger charge is -2.24. The van der Waals surface area contributed by atoms with Gasteiger partial charge in [-0.2, -0.15) is 0 Å². The van der Waals surface area contributed by atoms with Gasteiger partial charge in [0.2, 0.25) is 0 Å². The fraction of sp³-hybridized carbons (Fsp3) is 0.147. The molecule has 2 aromatic heterocycles. The summed E-state index contributed by atoms with van der Waals surface area (Å²) in [6, 6.07) is 24.8. The molecule has 7 nitrogen and oxygen atoms in total. The molecule has 8 heteroatoms. The van der Waals surface area contributed by atoms with Crippen LogP contribution >= 0.6 is 11.3 Å². The first-order valence-electron chi connectivity index (χ1n) is 13.7. The van der Waals surface area contributed by atoms with Gasteiger partial charge in [-0.15, -0.1) is 0 Å². The summed E-state index contributed by atoms with van der Waals surface area (Å²) >= 11 is 1.31. The van der Waals surface area contributed by atoms with E-state index in [2.05, 4.69) is 11.6 Å². The zero-order valence-corrected chi connectivity index (χ0v) is 24.1. The Bertz CT molecular complexity index is 2020. The molecule has 3 heterocycles. The molecule has 0 fully saturated rings. The summed E-state index contributed by atoms with van der Waals surface area (Å²) in [6.45, 7) is 7.82. The van der Waals surface area contributed by atoms with Gasteiger partial charge >= 0.3 is 5.97 Å². The second-order valence-corrected chi connectivity index (χ2v) is 10.8. The molecule has 210 valence electrons. The highest BCUT2D eigenvalue weighted by Gasteiger charge is 2.33. The maximum atomic E-state index is 14.2. The zero-order chi connectivity index (χ0) is 29.2. The minimum absolute atomic E-state index is 0.212. The molecule has 1 atom stereocenters. The van der Waals surface area contributed by atoms with Crippen molar-refractivity contribution in [2.45, 2.75) is 19.9 Å². The smallest absolute Gasteiger partial charge is 0.338 e. The molecule has 0 aliphatic carbocycles. The number of fused-ring (bicyclic) bond motifs is 2. The maximum absolute atomic E-state index is 14.2. The number of thiazole rings is 1. The van der Waals surface area contributed by atoms with Crippen LogP contribution in [0.5, 0.6) is 5.75 Å². The first kappa shape index (κ1) is 27.2. The summed E-state index contributed by atoms with van der Waals surface area (Å²) in [4.78, 5) is 36.2. The van der Waals surface area contributed by atoms with E-state index in [9.17, 15) is 9.59 Å². The molecule has 0 amide bonds. The highest BCUT2D eigenvalue weighted by atomic mass is 32.1. The Morgan fingerprint density at radius 3 is 2.55 bits per heavy atom. The number of esters is 1. The first-order valence-corrected chi connectivity index (χ1v) is 14.5. The molecule has 0 saturated heterocycles. The number of nitrogens with one attached hydrogen (secondary N) is 1. The monoisotopic (exact) mass is 575 g/mol. The predicted octanol–water partition coefficient (Wildman–Crippen LogP) is 5.51. The van der Waals surface area contributed by atoms with Crippen LogP contribution in [0.2, 0.25) is 0 Å². The molecule has 0 radical (unpaired) electrons. The molecular formula is C34H29N3O4S. The molecule has 3 aromatic carbocycles. The highest BCUT2D eigenvalue weighted by Crippen LogP contribution is 2.33. The number of aromatic nitrogens is 2. The number of aromatic amines is 1. The SMILES string of the molecule is C=CCOc1ccc([C@H]2C(C(=O)OCC)=C(C)N=c3s/c(=C\c4c(-c5ccccc5)[nH]c5ccccc45)c(=O)n32)cc1. The fourth-order valence-corrected chi connectivity index (χ4v) is 6.31. The second-order valence-electron chi connectivity index (χ2n) is 9.80. The van der Waals surface area contributed by atoms with Gasteiger partial charge in [0.25, 0.3) is 5.56 Å². The van der Waals surface area contributed by atoms with E-state index in [0.717, 1.165) is 33.3 Å². The summed E-state index contributed by atoms with van der Waals surface area (Å²) in [6.07, 6.45) is 3.60. The van der Waals surface area contributed by atoms with Crippen molar-refractivity contribution in [1.82, 2.24) is 9.55 Å². The Kier molecular flexibility index (Phi) is 7.46. The quantitative estimate of drug-likeness (QED) is 0.195. The predicted molar refractivity (Wildman–Crippen MR) is 166 cm³/mol. The second kappa shape index (κ2) is 11.5. The van der Waals surface area contributed by atoms with Crippen LogP contribution < -0.4 is 19.6 Å². The number of carbonyl (C=O) groups excluding carboxylic acids is 1. The van der Waals surface area contributed by atoms with Crippen LogP contribution in [0.1, 0.15) is 31.0 Å². The Labute approximate surface area is 246 Å². The van der Waals surface area contributed by atoms with Crippen LogP contribution in [0.4, 0.5) is 0 Å². The van der Waals surface area contributed by atoms with Crippen molar-refractivity contribution in [1.29, 1.82) is 0 Å². The normalized spacial score (nSPS) is 14.9. The van der Waals surface area contributed by atoms with E-state index in [-0.39, 0.29) is 12.2 Å². The average molecular weight is 576 g/mol. The molecule has 6 rings (SSSR count). The molecular weight excluding hydrogens is 546 g/mol. The van der Waals surface area contributed by atoms with Crippen LogP contribution in [0.3, 0.4) is 0 Å². The summed E-state index contributed by atoms with van der Waals surface area (Å²) in [7, 11) is 0. The van der Waals surface area contributed by atoms with Crippen molar-refractivity contribution in [3.05, 3.63) is 134 Å². The third kappa shape index (κ3) is 4.90. The van der Waals surface area contributed by atoms with Gasteiger partial charge in [0.1, 0.15) is 12.4 Å². The number of rotatable bonds is 8. The molecule has 1 N–H and O–H groups in total. The lowest BCUT2D eigenvalue weighted by atomic mass is 9.96. The van der Waals surface area contributed by atoms with E-state index in [1.54, 1.807) is 24.5 Å². The van der Waals surface area contributed by atoms with E-state index < -0.39 is 12.0 Å². The van der Waals surface area contributed by atoms with Gasteiger partial charge in [0.15, 0.2) is 4.80 Å². The summed E-state index contributed by atoms with van der Waals surface area (Å²) in [5, 5.41) is 1.01. The number of benzene rings is 3. The van der Waals surface area contributed by atoms with Crippen molar-refractivity contribution in [3.8, 4) is 17.0 Å². The summed E-state index contributed by atoms with van der Waals surface area (Å²) < 4.78 is 13.2. The molecule has 5 aromatic rings. The first-order chi connectivity index (χ1) is 20.5. The topological polar surface area (TPSA) is 85.7 Å². The van der Waals surface area contributed by atoms with Gasteiger partial charge in [0, 0.05) is 16.5 Å². The number of ether oxygens (including phenoxy) is 2. The number of hydrogen-bond donors (Lipinski definition) is 1. The maximum Gasteiger partial charge on any atom is 0.338 e. The average Bonchev–Trinajstić information content (AvgIpc) is 3.53. The number of carbonyl (C=O) groups is 1. The fourth-order valence-electron chi connectivity index (χ4n) is 5.29. The molecule has 0 bridgehead atoms. The number of para-hydroxylation sites is 1. The Balaban J connectivity index is 1.56. The van der Waals surface area contributed by atoms with Crippen LogP contribution in [0.25, 0.3) is 28.2 Å². The third-order valence-corrected chi connectivity index (χ3v) is 8.15. The number of H-pyrrole nitrogens is 1. The summed E-state index contributed by atoms with van der Waals surface area (Å²) in [5.74, 6) is 0.172. The zero-order valence-electron chi connectivity index (χ0n) is 23.3. The molecule has 1 aliphatic rings. The van der Waals surface area contributed by atoms with Gasteiger partial charge in [-0.1, -0.05) is 84.7 Å². The lowest BCUT2D eigenvalue weighted by Crippen LogP contribution is -2.39. The largest absolute Gasteiger partial charge is 0.490 e. The lowest BCUT2D eigenvalue weighted by molar-refractivity contribution is -0.139. The standard InChI is InChI=1S/C34H29N3O4S/c1-4-19-41-24-17-15-23(16-18-24)31-29(33(39)40-5-2)21(3)35-34-37(31)32(38)28(42-34)20-26-25-13-9-10-14-27(25)36-30(26)22-11-7-6-8-12-22/h4,6-18,20,31,36H,1,5,19H2,2-3H3/b28-20-/t31-/m0/s1. The molecule has 0 spiro atoms. The van der Waals surface area contributed by atoms with E-state index in [1.807, 2.05) is 84.9 Å². The van der Waals surface area contributed by atoms with Crippen molar-refractivity contribution in [3.63, 3.8) is 0 Å². The number of allylic oxidation sites excluding steroid dienone is 1. The summed E-state index contributed by atoms with van der Waals surface area (Å²) in [5.41, 5.74) is 5.24. The third-order valence-electron chi connectivity index (χ3n) is 7.16. The van der Waals surface area contributed by atoms with Crippen LogP contribution in [0.15, 0.2) is 113 Å². The van der Waals surface area contributed by atoms with Gasteiger partial charge < -0.3 is 14.5 Å². The number of nitrogens with zero attached hydrogens (tertiary/aromatic N) is 2. The molecule has 0 unspecified atom stereocenters. The van der Waals surface area contributed by atoms with Crippen molar-refractivity contribution in [2.75, 3.05) is 13.2 Å². The molecule has 0 saturated carbocycles. The molecule has 1 aliphatic heterocycles. The van der Waals surface area contributed by atoms with E-state index in [0.29, 0.717) is 33.0 Å². The van der Waals surface area contributed by atoms with E-state index in [4.69, 9.17) is 14.5 Å².